The highest BCUT2D eigenvalue weighted by Gasteiger charge is 2.15. The molecule has 0 heterocycles. The van der Waals surface area contributed by atoms with E-state index >= 15 is 0 Å². The fourth-order valence-electron chi connectivity index (χ4n) is 1.37. The number of nitriles is 1. The minimum Gasteiger partial charge on any atom is -0.192 e. The molecule has 0 spiro atoms. The maximum absolute atomic E-state index is 8.66. The maximum atomic E-state index is 8.66. The predicted molar refractivity (Wildman–Crippen MR) is 58.9 cm³/mol. The van der Waals surface area contributed by atoms with Crippen LogP contribution in [-0.2, 0) is 6.42 Å². The van der Waals surface area contributed by atoms with Gasteiger partial charge in [0.2, 0.25) is 0 Å². The van der Waals surface area contributed by atoms with Crippen LogP contribution in [0, 0.1) is 16.7 Å². The molecule has 1 nitrogen and oxygen atoms in total. The summed E-state index contributed by atoms with van der Waals surface area (Å²) in [5.74, 6) is 0. The molecule has 14 heavy (non-hydrogen) atoms. The fraction of sp³-hybridized carbons (Fsp3) is 0.462. The summed E-state index contributed by atoms with van der Waals surface area (Å²) < 4.78 is 0. The van der Waals surface area contributed by atoms with E-state index < -0.39 is 0 Å². The van der Waals surface area contributed by atoms with Crippen LogP contribution in [0.3, 0.4) is 0 Å². The first-order valence-corrected chi connectivity index (χ1v) is 5.06. The minimum absolute atomic E-state index is 0.355. The fourth-order valence-corrected chi connectivity index (χ4v) is 1.37. The summed E-state index contributed by atoms with van der Waals surface area (Å²) >= 11 is 0. The van der Waals surface area contributed by atoms with Gasteiger partial charge < -0.3 is 0 Å². The van der Waals surface area contributed by atoms with E-state index in [4.69, 9.17) is 5.26 Å². The zero-order valence-electron chi connectivity index (χ0n) is 9.17. The molecule has 0 bridgehead atoms. The second kappa shape index (κ2) is 4.28. The summed E-state index contributed by atoms with van der Waals surface area (Å²) in [5.41, 5.74) is 2.41. The topological polar surface area (TPSA) is 23.8 Å². The van der Waals surface area contributed by atoms with Gasteiger partial charge in [-0.1, -0.05) is 39.3 Å². The molecule has 1 heteroatoms. The molecule has 0 unspecified atom stereocenters. The van der Waals surface area contributed by atoms with Crippen LogP contribution < -0.4 is 0 Å². The van der Waals surface area contributed by atoms with Crippen molar-refractivity contribution in [1.29, 1.82) is 5.26 Å². The van der Waals surface area contributed by atoms with Crippen molar-refractivity contribution >= 4 is 0 Å². The van der Waals surface area contributed by atoms with Gasteiger partial charge >= 0.3 is 0 Å². The molecule has 0 saturated carbocycles. The van der Waals surface area contributed by atoms with Gasteiger partial charge in [0.15, 0.2) is 0 Å². The molecule has 1 aromatic carbocycles. The van der Waals surface area contributed by atoms with E-state index in [1.165, 1.54) is 12.0 Å². The standard InChI is InChI=1S/C13H17N/c1-4-13(2,3)9-11-5-7-12(10-14)8-6-11/h5-8H,4,9H2,1-3H3. The van der Waals surface area contributed by atoms with E-state index in [2.05, 4.69) is 39.0 Å². The molecule has 0 atom stereocenters. The largest absolute Gasteiger partial charge is 0.192 e. The monoisotopic (exact) mass is 187 g/mol. The highest BCUT2D eigenvalue weighted by Crippen LogP contribution is 2.25. The number of rotatable bonds is 3. The lowest BCUT2D eigenvalue weighted by Gasteiger charge is -2.22. The van der Waals surface area contributed by atoms with Crippen LogP contribution in [0.15, 0.2) is 24.3 Å². The maximum Gasteiger partial charge on any atom is 0.0991 e. The number of hydrogen-bond acceptors (Lipinski definition) is 1. The van der Waals surface area contributed by atoms with Gasteiger partial charge in [0, 0.05) is 0 Å². The van der Waals surface area contributed by atoms with E-state index in [-0.39, 0.29) is 0 Å². The Balaban J connectivity index is 2.75. The molecule has 1 rings (SSSR count). The van der Waals surface area contributed by atoms with Gasteiger partial charge in [0.05, 0.1) is 11.6 Å². The average molecular weight is 187 g/mol. The van der Waals surface area contributed by atoms with Gasteiger partial charge in [-0.2, -0.15) is 5.26 Å². The van der Waals surface area contributed by atoms with E-state index in [0.29, 0.717) is 5.41 Å². The minimum atomic E-state index is 0.355. The third-order valence-corrected chi connectivity index (χ3v) is 2.72. The summed E-state index contributed by atoms with van der Waals surface area (Å²) in [5, 5.41) is 8.66. The van der Waals surface area contributed by atoms with Crippen molar-refractivity contribution in [1.82, 2.24) is 0 Å². The highest BCUT2D eigenvalue weighted by atomic mass is 14.2. The first kappa shape index (κ1) is 10.8. The Morgan fingerprint density at radius 3 is 2.21 bits per heavy atom. The van der Waals surface area contributed by atoms with Crippen molar-refractivity contribution in [2.75, 3.05) is 0 Å². The molecule has 0 aliphatic carbocycles. The van der Waals surface area contributed by atoms with Crippen molar-refractivity contribution in [2.24, 2.45) is 5.41 Å². The van der Waals surface area contributed by atoms with Crippen LogP contribution in [-0.4, -0.2) is 0 Å². The Hall–Kier alpha value is -1.29. The van der Waals surface area contributed by atoms with Gasteiger partial charge in [0.25, 0.3) is 0 Å². The first-order chi connectivity index (χ1) is 6.57. The second-order valence-electron chi connectivity index (χ2n) is 4.50. The normalized spacial score (nSPS) is 11.0. The Morgan fingerprint density at radius 2 is 1.79 bits per heavy atom. The molecule has 0 radical (unpaired) electrons. The smallest absolute Gasteiger partial charge is 0.0991 e. The SMILES string of the molecule is CCC(C)(C)Cc1ccc(C#N)cc1. The molecule has 74 valence electrons. The first-order valence-electron chi connectivity index (χ1n) is 5.06. The van der Waals surface area contributed by atoms with Gasteiger partial charge in [-0.15, -0.1) is 0 Å². The summed E-state index contributed by atoms with van der Waals surface area (Å²) in [4.78, 5) is 0. The summed E-state index contributed by atoms with van der Waals surface area (Å²) in [6.45, 7) is 6.75. The molecule has 1 aromatic rings. The number of benzene rings is 1. The lowest BCUT2D eigenvalue weighted by atomic mass is 9.83. The highest BCUT2D eigenvalue weighted by molar-refractivity contribution is 5.31. The summed E-state index contributed by atoms with van der Waals surface area (Å²) in [6.07, 6.45) is 2.25. The van der Waals surface area contributed by atoms with Crippen molar-refractivity contribution in [3.05, 3.63) is 35.4 Å². The zero-order valence-corrected chi connectivity index (χ0v) is 9.17. The van der Waals surface area contributed by atoms with Crippen LogP contribution >= 0.6 is 0 Å². The number of nitrogens with zero attached hydrogens (tertiary/aromatic N) is 1. The zero-order chi connectivity index (χ0) is 10.6. The van der Waals surface area contributed by atoms with Crippen molar-refractivity contribution in [2.45, 2.75) is 33.6 Å². The molecule has 0 aliphatic rings. The molecule has 0 N–H and O–H groups in total. The molecule has 0 aliphatic heterocycles. The van der Waals surface area contributed by atoms with Crippen molar-refractivity contribution in [3.63, 3.8) is 0 Å². The van der Waals surface area contributed by atoms with E-state index in [1.54, 1.807) is 0 Å². The third kappa shape index (κ3) is 2.88. The third-order valence-electron chi connectivity index (χ3n) is 2.72. The molecular formula is C13H17N. The Kier molecular flexibility index (Phi) is 3.30. The molecule has 0 saturated heterocycles. The molecule has 0 amide bonds. The van der Waals surface area contributed by atoms with E-state index in [9.17, 15) is 0 Å². The van der Waals surface area contributed by atoms with Crippen molar-refractivity contribution < 1.29 is 0 Å². The second-order valence-corrected chi connectivity index (χ2v) is 4.50. The lowest BCUT2D eigenvalue weighted by molar-refractivity contribution is 0.349. The van der Waals surface area contributed by atoms with Crippen LogP contribution in [0.4, 0.5) is 0 Å². The molecular weight excluding hydrogens is 170 g/mol. The summed E-state index contributed by atoms with van der Waals surface area (Å²) in [7, 11) is 0. The quantitative estimate of drug-likeness (QED) is 0.710. The van der Waals surface area contributed by atoms with Gasteiger partial charge in [0.1, 0.15) is 0 Å². The van der Waals surface area contributed by atoms with Gasteiger partial charge in [-0.05, 0) is 29.5 Å². The Labute approximate surface area is 86.4 Å². The Morgan fingerprint density at radius 1 is 1.21 bits per heavy atom. The van der Waals surface area contributed by atoms with Gasteiger partial charge in [-0.3, -0.25) is 0 Å². The number of hydrogen-bond donors (Lipinski definition) is 0. The molecule has 0 fully saturated rings. The van der Waals surface area contributed by atoms with Crippen LogP contribution in [0.5, 0.6) is 0 Å². The molecule has 0 aromatic heterocycles. The Bertz CT molecular complexity index is 327. The van der Waals surface area contributed by atoms with Gasteiger partial charge in [-0.25, -0.2) is 0 Å². The average Bonchev–Trinajstić information content (AvgIpc) is 2.19. The van der Waals surface area contributed by atoms with Crippen LogP contribution in [0.25, 0.3) is 0 Å². The van der Waals surface area contributed by atoms with Crippen molar-refractivity contribution in [3.8, 4) is 6.07 Å². The van der Waals surface area contributed by atoms with E-state index in [1.807, 2.05) is 12.1 Å². The van der Waals surface area contributed by atoms with Crippen LogP contribution in [0.2, 0.25) is 0 Å². The predicted octanol–water partition coefficient (Wildman–Crippen LogP) is 3.54. The van der Waals surface area contributed by atoms with Crippen LogP contribution in [0.1, 0.15) is 38.3 Å². The summed E-state index contributed by atoms with van der Waals surface area (Å²) in [6, 6.07) is 10.0. The lowest BCUT2D eigenvalue weighted by Crippen LogP contribution is -2.13. The van der Waals surface area contributed by atoms with E-state index in [0.717, 1.165) is 12.0 Å².